The van der Waals surface area contributed by atoms with Gasteiger partial charge in [-0.05, 0) is 61.0 Å². The van der Waals surface area contributed by atoms with Crippen molar-refractivity contribution in [3.63, 3.8) is 0 Å². The molecule has 2 aromatic carbocycles. The van der Waals surface area contributed by atoms with Gasteiger partial charge in [-0.3, -0.25) is 9.69 Å². The van der Waals surface area contributed by atoms with Crippen LogP contribution < -0.4 is 14.8 Å². The van der Waals surface area contributed by atoms with E-state index in [2.05, 4.69) is 26.1 Å². The van der Waals surface area contributed by atoms with Crippen molar-refractivity contribution >= 4 is 33.6 Å². The number of anilines is 1. The van der Waals surface area contributed by atoms with Crippen molar-refractivity contribution in [3.8, 4) is 11.5 Å². The number of furan rings is 1. The SMILES string of the molecule is Cc1ccc(CN(Cc2ccc3c(c2)OCO3)C(=O)CN(CCN2CCOCC2)C(=O)Nc2ccc(Br)cc2)o1. The standard InChI is InChI=1S/C29H33BrN4O6/c1-21-2-8-25(40-21)18-34(17-22-3-9-26-27(16-22)39-20-38-26)28(35)19-33(11-10-32-12-14-37-15-13-32)29(36)31-24-6-4-23(30)5-7-24/h2-9,16H,10-15,17-20H2,1H3,(H,31,36). The first kappa shape index (κ1) is 28.0. The van der Waals surface area contributed by atoms with Crippen LogP contribution in [0.4, 0.5) is 10.5 Å². The minimum Gasteiger partial charge on any atom is -0.464 e. The molecule has 3 amide bonds. The van der Waals surface area contributed by atoms with Gasteiger partial charge in [0.1, 0.15) is 18.1 Å². The lowest BCUT2D eigenvalue weighted by Crippen LogP contribution is -2.48. The van der Waals surface area contributed by atoms with E-state index in [0.717, 1.165) is 28.9 Å². The first-order valence-corrected chi connectivity index (χ1v) is 14.1. The molecular formula is C29H33BrN4O6. The fraction of sp³-hybridized carbons (Fsp3) is 0.379. The number of aryl methyl sites for hydroxylation is 1. The van der Waals surface area contributed by atoms with Gasteiger partial charge in [0.05, 0.1) is 19.8 Å². The Hall–Kier alpha value is -3.54. The van der Waals surface area contributed by atoms with Gasteiger partial charge in [-0.1, -0.05) is 22.0 Å². The molecule has 0 spiro atoms. The summed E-state index contributed by atoms with van der Waals surface area (Å²) in [6, 6.07) is 16.4. The van der Waals surface area contributed by atoms with Crippen LogP contribution in [-0.4, -0.2) is 79.4 Å². The van der Waals surface area contributed by atoms with Gasteiger partial charge in [0.25, 0.3) is 0 Å². The topological polar surface area (TPSA) is 96.7 Å². The first-order chi connectivity index (χ1) is 19.4. The van der Waals surface area contributed by atoms with Crippen LogP contribution in [0.3, 0.4) is 0 Å². The number of ether oxygens (including phenoxy) is 3. The average Bonchev–Trinajstić information content (AvgIpc) is 3.60. The molecule has 11 heteroatoms. The van der Waals surface area contributed by atoms with Gasteiger partial charge in [0.2, 0.25) is 12.7 Å². The predicted molar refractivity (Wildman–Crippen MR) is 152 cm³/mol. The molecule has 40 heavy (non-hydrogen) atoms. The van der Waals surface area contributed by atoms with Crippen molar-refractivity contribution in [1.82, 2.24) is 14.7 Å². The molecule has 0 atom stereocenters. The van der Waals surface area contributed by atoms with Crippen molar-refractivity contribution in [3.05, 3.63) is 76.2 Å². The highest BCUT2D eigenvalue weighted by Crippen LogP contribution is 2.33. The van der Waals surface area contributed by atoms with E-state index in [0.29, 0.717) is 55.8 Å². The molecule has 0 unspecified atom stereocenters. The van der Waals surface area contributed by atoms with Gasteiger partial charge in [-0.2, -0.15) is 0 Å². The zero-order valence-corrected chi connectivity index (χ0v) is 24.0. The third kappa shape index (κ3) is 7.56. The van der Waals surface area contributed by atoms with E-state index in [1.807, 2.05) is 61.5 Å². The summed E-state index contributed by atoms with van der Waals surface area (Å²) in [5.41, 5.74) is 1.54. The summed E-state index contributed by atoms with van der Waals surface area (Å²) in [7, 11) is 0. The van der Waals surface area contributed by atoms with Crippen LogP contribution in [0.1, 0.15) is 17.1 Å². The van der Waals surface area contributed by atoms with Crippen molar-refractivity contribution in [2.75, 3.05) is 58.0 Å². The number of carbonyl (C=O) groups is 2. The second-order valence-corrected chi connectivity index (χ2v) is 10.7. The number of morpholine rings is 1. The number of urea groups is 1. The first-order valence-electron chi connectivity index (χ1n) is 13.3. The van der Waals surface area contributed by atoms with Crippen LogP contribution in [0.2, 0.25) is 0 Å². The molecule has 0 radical (unpaired) electrons. The molecule has 0 bridgehead atoms. The largest absolute Gasteiger partial charge is 0.464 e. The molecule has 5 rings (SSSR count). The summed E-state index contributed by atoms with van der Waals surface area (Å²) in [4.78, 5) is 32.7. The number of hydrogen-bond donors (Lipinski definition) is 1. The molecule has 1 fully saturated rings. The Labute approximate surface area is 241 Å². The minimum atomic E-state index is -0.333. The lowest BCUT2D eigenvalue weighted by molar-refractivity contribution is -0.133. The third-order valence-corrected chi connectivity index (χ3v) is 7.33. The molecule has 1 saturated heterocycles. The van der Waals surface area contributed by atoms with E-state index in [4.69, 9.17) is 18.6 Å². The number of halogens is 1. The van der Waals surface area contributed by atoms with E-state index in [1.165, 1.54) is 0 Å². The fourth-order valence-electron chi connectivity index (χ4n) is 4.59. The van der Waals surface area contributed by atoms with Crippen molar-refractivity contribution in [2.24, 2.45) is 0 Å². The number of carbonyl (C=O) groups excluding carboxylic acids is 2. The predicted octanol–water partition coefficient (Wildman–Crippen LogP) is 4.47. The molecule has 2 aliphatic heterocycles. The van der Waals surface area contributed by atoms with Gasteiger partial charge < -0.3 is 33.7 Å². The molecular weight excluding hydrogens is 580 g/mol. The summed E-state index contributed by atoms with van der Waals surface area (Å²) >= 11 is 3.42. The number of rotatable bonds is 10. The lowest BCUT2D eigenvalue weighted by atomic mass is 10.2. The Morgan fingerprint density at radius 3 is 2.48 bits per heavy atom. The third-order valence-electron chi connectivity index (χ3n) is 6.80. The molecule has 0 saturated carbocycles. The zero-order chi connectivity index (χ0) is 27.9. The molecule has 1 aromatic heterocycles. The van der Waals surface area contributed by atoms with Gasteiger partial charge in [0.15, 0.2) is 11.5 Å². The molecule has 3 aromatic rings. The van der Waals surface area contributed by atoms with Gasteiger partial charge in [0, 0.05) is 42.9 Å². The molecule has 0 aliphatic carbocycles. The van der Waals surface area contributed by atoms with E-state index in [-0.39, 0.29) is 31.8 Å². The van der Waals surface area contributed by atoms with Crippen molar-refractivity contribution in [1.29, 1.82) is 0 Å². The maximum atomic E-state index is 13.8. The van der Waals surface area contributed by atoms with Gasteiger partial charge in [-0.15, -0.1) is 0 Å². The smallest absolute Gasteiger partial charge is 0.322 e. The van der Waals surface area contributed by atoms with E-state index < -0.39 is 0 Å². The number of nitrogens with one attached hydrogen (secondary N) is 1. The van der Waals surface area contributed by atoms with E-state index >= 15 is 0 Å². The number of amides is 3. The Morgan fingerprint density at radius 2 is 1.73 bits per heavy atom. The fourth-order valence-corrected chi connectivity index (χ4v) is 4.85. The summed E-state index contributed by atoms with van der Waals surface area (Å²) in [5.74, 6) is 2.58. The highest BCUT2D eigenvalue weighted by atomic mass is 79.9. The number of benzene rings is 2. The normalized spacial score (nSPS) is 14.7. The summed E-state index contributed by atoms with van der Waals surface area (Å²) < 4.78 is 23.1. The Balaban J connectivity index is 1.32. The summed E-state index contributed by atoms with van der Waals surface area (Å²) in [6.45, 7) is 6.51. The monoisotopic (exact) mass is 612 g/mol. The second-order valence-electron chi connectivity index (χ2n) is 9.76. The van der Waals surface area contributed by atoms with Crippen molar-refractivity contribution in [2.45, 2.75) is 20.0 Å². The maximum absolute atomic E-state index is 13.8. The Kier molecular flexibility index (Phi) is 9.25. The Morgan fingerprint density at radius 1 is 0.950 bits per heavy atom. The van der Waals surface area contributed by atoms with Crippen LogP contribution >= 0.6 is 15.9 Å². The minimum absolute atomic E-state index is 0.0864. The average molecular weight is 614 g/mol. The highest BCUT2D eigenvalue weighted by molar-refractivity contribution is 9.10. The van der Waals surface area contributed by atoms with Crippen LogP contribution in [0.15, 0.2) is 63.5 Å². The zero-order valence-electron chi connectivity index (χ0n) is 22.4. The Bertz CT molecular complexity index is 1310. The van der Waals surface area contributed by atoms with E-state index in [1.54, 1.807) is 9.80 Å². The molecule has 10 nitrogen and oxygen atoms in total. The number of nitrogens with zero attached hydrogens (tertiary/aromatic N) is 3. The molecule has 1 N–H and O–H groups in total. The lowest BCUT2D eigenvalue weighted by Gasteiger charge is -2.31. The quantitative estimate of drug-likeness (QED) is 0.361. The van der Waals surface area contributed by atoms with Gasteiger partial charge in [-0.25, -0.2) is 4.79 Å². The summed E-state index contributed by atoms with van der Waals surface area (Å²) in [6.07, 6.45) is 0. The highest BCUT2D eigenvalue weighted by Gasteiger charge is 2.25. The summed E-state index contributed by atoms with van der Waals surface area (Å²) in [5, 5.41) is 2.94. The number of hydrogen-bond acceptors (Lipinski definition) is 7. The van der Waals surface area contributed by atoms with E-state index in [9.17, 15) is 9.59 Å². The molecule has 3 heterocycles. The van der Waals surface area contributed by atoms with Crippen LogP contribution in [0, 0.1) is 6.92 Å². The van der Waals surface area contributed by atoms with Gasteiger partial charge >= 0.3 is 6.03 Å². The van der Waals surface area contributed by atoms with Crippen LogP contribution in [-0.2, 0) is 22.6 Å². The molecule has 212 valence electrons. The van der Waals surface area contributed by atoms with Crippen LogP contribution in [0.5, 0.6) is 11.5 Å². The second kappa shape index (κ2) is 13.2. The maximum Gasteiger partial charge on any atom is 0.322 e. The van der Waals surface area contributed by atoms with Crippen LogP contribution in [0.25, 0.3) is 0 Å². The molecule has 2 aliphatic rings. The van der Waals surface area contributed by atoms with Crippen molar-refractivity contribution < 1.29 is 28.2 Å². The number of fused-ring (bicyclic) bond motifs is 1.